The molecule has 0 radical (unpaired) electrons. The van der Waals surface area contributed by atoms with Gasteiger partial charge in [0.2, 0.25) is 11.8 Å². The molecule has 2 N–H and O–H groups in total. The third-order valence-corrected chi connectivity index (χ3v) is 5.65. The molecule has 0 aromatic heterocycles. The number of aliphatic hydroxyl groups is 1. The van der Waals surface area contributed by atoms with Gasteiger partial charge in [-0.1, -0.05) is 0 Å². The monoisotopic (exact) mass is 340 g/mol. The Balaban J connectivity index is 1.62. The van der Waals surface area contributed by atoms with Crippen molar-refractivity contribution in [2.75, 3.05) is 40.0 Å². The molecule has 3 fully saturated rings. The molecule has 136 valence electrons. The number of fused-ring (bicyclic) bond motifs is 1. The summed E-state index contributed by atoms with van der Waals surface area (Å²) >= 11 is 0. The Hall–Kier alpha value is -1.18. The fraction of sp³-hybridized carbons (Fsp3) is 0.882. The average Bonchev–Trinajstić information content (AvgIpc) is 3.00. The zero-order valence-electron chi connectivity index (χ0n) is 14.3. The van der Waals surface area contributed by atoms with E-state index in [2.05, 4.69) is 5.32 Å². The van der Waals surface area contributed by atoms with Crippen molar-refractivity contribution in [2.45, 2.75) is 43.8 Å². The Morgan fingerprint density at radius 3 is 2.83 bits per heavy atom. The fourth-order valence-corrected chi connectivity index (χ4v) is 4.02. The second-order valence-electron chi connectivity index (χ2n) is 7.31. The van der Waals surface area contributed by atoms with Gasteiger partial charge in [0.25, 0.3) is 0 Å². The predicted molar refractivity (Wildman–Crippen MR) is 86.2 cm³/mol. The summed E-state index contributed by atoms with van der Waals surface area (Å²) in [6.07, 6.45) is 3.30. The number of methoxy groups -OCH3 is 1. The van der Waals surface area contributed by atoms with Crippen LogP contribution in [0, 0.1) is 11.8 Å². The largest absolute Gasteiger partial charge is 0.389 e. The lowest BCUT2D eigenvalue weighted by Crippen LogP contribution is -2.55. The number of likely N-dealkylation sites (tertiary alicyclic amines) is 1. The zero-order valence-corrected chi connectivity index (χ0v) is 14.3. The van der Waals surface area contributed by atoms with E-state index in [1.54, 1.807) is 12.0 Å². The number of ether oxygens (including phenoxy) is 2. The number of nitrogens with zero attached hydrogens (tertiary/aromatic N) is 1. The lowest BCUT2D eigenvalue weighted by atomic mass is 9.77. The number of piperidine rings is 1. The van der Waals surface area contributed by atoms with Gasteiger partial charge in [0, 0.05) is 39.3 Å². The number of amides is 2. The van der Waals surface area contributed by atoms with Crippen LogP contribution in [0.25, 0.3) is 0 Å². The van der Waals surface area contributed by atoms with Gasteiger partial charge >= 0.3 is 0 Å². The molecule has 0 unspecified atom stereocenters. The van der Waals surface area contributed by atoms with Crippen LogP contribution < -0.4 is 5.32 Å². The van der Waals surface area contributed by atoms with Crippen molar-refractivity contribution in [3.8, 4) is 0 Å². The van der Waals surface area contributed by atoms with Crippen LogP contribution in [-0.2, 0) is 19.1 Å². The number of rotatable bonds is 6. The highest BCUT2D eigenvalue weighted by molar-refractivity contribution is 5.82. The molecular formula is C17H28N2O5. The van der Waals surface area contributed by atoms with Gasteiger partial charge in [0.05, 0.1) is 30.7 Å². The van der Waals surface area contributed by atoms with Gasteiger partial charge in [0.15, 0.2) is 0 Å². The number of hydrogen-bond acceptors (Lipinski definition) is 5. The molecule has 7 heteroatoms. The van der Waals surface area contributed by atoms with Crippen LogP contribution in [0.3, 0.4) is 0 Å². The van der Waals surface area contributed by atoms with E-state index in [-0.39, 0.29) is 36.2 Å². The van der Waals surface area contributed by atoms with Crippen LogP contribution in [0.5, 0.6) is 0 Å². The van der Waals surface area contributed by atoms with Gasteiger partial charge in [-0.3, -0.25) is 9.59 Å². The molecule has 2 aliphatic heterocycles. The summed E-state index contributed by atoms with van der Waals surface area (Å²) in [7, 11) is 1.60. The first-order chi connectivity index (χ1) is 11.5. The van der Waals surface area contributed by atoms with Gasteiger partial charge in [-0.2, -0.15) is 0 Å². The molecule has 0 aromatic carbocycles. The van der Waals surface area contributed by atoms with E-state index < -0.39 is 5.60 Å². The van der Waals surface area contributed by atoms with E-state index in [4.69, 9.17) is 9.47 Å². The number of hydrogen-bond donors (Lipinski definition) is 2. The smallest absolute Gasteiger partial charge is 0.225 e. The van der Waals surface area contributed by atoms with Crippen molar-refractivity contribution in [3.63, 3.8) is 0 Å². The van der Waals surface area contributed by atoms with E-state index in [0.717, 1.165) is 12.8 Å². The van der Waals surface area contributed by atoms with E-state index in [1.165, 1.54) is 0 Å². The van der Waals surface area contributed by atoms with Crippen LogP contribution in [0.1, 0.15) is 32.1 Å². The predicted octanol–water partition coefficient (Wildman–Crippen LogP) is -0.0824. The molecule has 0 aromatic rings. The van der Waals surface area contributed by atoms with Crippen LogP contribution >= 0.6 is 0 Å². The third-order valence-electron chi connectivity index (χ3n) is 5.65. The Morgan fingerprint density at radius 2 is 2.17 bits per heavy atom. The minimum Gasteiger partial charge on any atom is -0.389 e. The van der Waals surface area contributed by atoms with Crippen molar-refractivity contribution in [2.24, 2.45) is 11.8 Å². The second-order valence-corrected chi connectivity index (χ2v) is 7.31. The normalized spacial score (nSPS) is 31.2. The molecule has 1 aliphatic carbocycles. The van der Waals surface area contributed by atoms with Crippen molar-refractivity contribution in [1.29, 1.82) is 0 Å². The quantitative estimate of drug-likeness (QED) is 0.660. The topological polar surface area (TPSA) is 88.1 Å². The Morgan fingerprint density at radius 1 is 1.38 bits per heavy atom. The highest BCUT2D eigenvalue weighted by atomic mass is 16.5. The summed E-state index contributed by atoms with van der Waals surface area (Å²) in [4.78, 5) is 26.8. The maximum Gasteiger partial charge on any atom is 0.225 e. The first-order valence-corrected chi connectivity index (χ1v) is 8.91. The summed E-state index contributed by atoms with van der Waals surface area (Å²) in [5, 5.41) is 13.1. The molecule has 2 heterocycles. The fourth-order valence-electron chi connectivity index (χ4n) is 4.02. The van der Waals surface area contributed by atoms with Gasteiger partial charge in [-0.05, 0) is 25.7 Å². The lowest BCUT2D eigenvalue weighted by molar-refractivity contribution is -0.148. The average molecular weight is 340 g/mol. The summed E-state index contributed by atoms with van der Waals surface area (Å²) in [5.74, 6) is -0.181. The van der Waals surface area contributed by atoms with Crippen molar-refractivity contribution in [1.82, 2.24) is 10.2 Å². The molecule has 24 heavy (non-hydrogen) atoms. The minimum atomic E-state index is -0.833. The Kier molecular flexibility index (Phi) is 5.42. The van der Waals surface area contributed by atoms with E-state index in [1.807, 2.05) is 0 Å². The maximum atomic E-state index is 12.6. The van der Waals surface area contributed by atoms with E-state index in [0.29, 0.717) is 45.7 Å². The molecular weight excluding hydrogens is 312 g/mol. The molecule has 0 spiro atoms. The first kappa shape index (κ1) is 17.6. The van der Waals surface area contributed by atoms with Gasteiger partial charge in [-0.25, -0.2) is 0 Å². The molecule has 0 bridgehead atoms. The van der Waals surface area contributed by atoms with Crippen LogP contribution in [0.2, 0.25) is 0 Å². The first-order valence-electron chi connectivity index (χ1n) is 8.91. The third kappa shape index (κ3) is 3.73. The SMILES string of the molecule is COCCNC(=O)[C@@H]1CN(C(=O)CC2(O)CCC2)C[C@H]2OCC[C@H]21. The zero-order chi connectivity index (χ0) is 17.2. The molecule has 3 aliphatic rings. The van der Waals surface area contributed by atoms with E-state index >= 15 is 0 Å². The number of nitrogens with one attached hydrogen (secondary N) is 1. The molecule has 2 amide bonds. The summed E-state index contributed by atoms with van der Waals surface area (Å²) in [6, 6.07) is 0. The van der Waals surface area contributed by atoms with Crippen molar-refractivity contribution < 1.29 is 24.2 Å². The van der Waals surface area contributed by atoms with Crippen molar-refractivity contribution in [3.05, 3.63) is 0 Å². The number of carbonyl (C=O) groups excluding carboxylic acids is 2. The molecule has 3 atom stereocenters. The molecule has 7 nitrogen and oxygen atoms in total. The molecule has 2 saturated heterocycles. The minimum absolute atomic E-state index is 0.0348. The highest BCUT2D eigenvalue weighted by Gasteiger charge is 2.46. The second kappa shape index (κ2) is 7.37. The lowest BCUT2D eigenvalue weighted by Gasteiger charge is -2.42. The number of carbonyl (C=O) groups is 2. The Labute approximate surface area is 142 Å². The van der Waals surface area contributed by atoms with Crippen LogP contribution in [-0.4, -0.2) is 73.5 Å². The summed E-state index contributed by atoms with van der Waals surface area (Å²) in [5.41, 5.74) is -0.833. The summed E-state index contributed by atoms with van der Waals surface area (Å²) in [6.45, 7) is 2.53. The van der Waals surface area contributed by atoms with E-state index in [9.17, 15) is 14.7 Å². The van der Waals surface area contributed by atoms with Crippen molar-refractivity contribution >= 4 is 11.8 Å². The van der Waals surface area contributed by atoms with Gasteiger partial charge in [-0.15, -0.1) is 0 Å². The van der Waals surface area contributed by atoms with Gasteiger partial charge < -0.3 is 24.8 Å². The van der Waals surface area contributed by atoms with Gasteiger partial charge in [0.1, 0.15) is 0 Å². The standard InChI is InChI=1S/C17H28N2O5/c1-23-8-6-18-16(21)13-10-19(11-14-12(13)3-7-24-14)15(20)9-17(22)4-2-5-17/h12-14,22H,2-11H2,1H3,(H,18,21)/t12-,13+,14+/m0/s1. The highest BCUT2D eigenvalue weighted by Crippen LogP contribution is 2.37. The van der Waals surface area contributed by atoms with Crippen LogP contribution in [0.15, 0.2) is 0 Å². The molecule has 1 saturated carbocycles. The Bertz CT molecular complexity index is 480. The van der Waals surface area contributed by atoms with Crippen LogP contribution in [0.4, 0.5) is 0 Å². The summed E-state index contributed by atoms with van der Waals surface area (Å²) < 4.78 is 10.7. The maximum absolute atomic E-state index is 12.6. The molecule has 3 rings (SSSR count).